The van der Waals surface area contributed by atoms with E-state index in [1.807, 2.05) is 30.3 Å². The quantitative estimate of drug-likeness (QED) is 0.653. The van der Waals surface area contributed by atoms with E-state index in [9.17, 15) is 9.18 Å². The summed E-state index contributed by atoms with van der Waals surface area (Å²) in [5.41, 5.74) is 4.75. The minimum Gasteiger partial charge on any atom is -0.379 e. The number of ether oxygens (including phenoxy) is 1. The zero-order valence-corrected chi connectivity index (χ0v) is 13.5. The number of amides is 1. The van der Waals surface area contributed by atoms with Crippen molar-refractivity contribution < 1.29 is 13.9 Å². The third-order valence-corrected chi connectivity index (χ3v) is 4.43. The highest BCUT2D eigenvalue weighted by molar-refractivity contribution is 7.98. The van der Waals surface area contributed by atoms with Crippen LogP contribution in [0.15, 0.2) is 42.5 Å². The van der Waals surface area contributed by atoms with Gasteiger partial charge in [0.1, 0.15) is 5.82 Å². The number of benzene rings is 2. The Morgan fingerprint density at radius 2 is 1.96 bits per heavy atom. The van der Waals surface area contributed by atoms with Gasteiger partial charge in [-0.25, -0.2) is 4.39 Å². The van der Waals surface area contributed by atoms with Gasteiger partial charge in [-0.2, -0.15) is 4.83 Å². The smallest absolute Gasteiger partial charge is 0.269 e. The molecule has 2 aromatic carbocycles. The highest BCUT2D eigenvalue weighted by Crippen LogP contribution is 2.24. The maximum Gasteiger partial charge on any atom is 0.269 e. The lowest BCUT2D eigenvalue weighted by atomic mass is 9.99. The molecule has 120 valence electrons. The Balaban J connectivity index is 1.77. The van der Waals surface area contributed by atoms with Crippen molar-refractivity contribution in [2.24, 2.45) is 0 Å². The molecule has 2 N–H and O–H groups in total. The Labute approximate surface area is 138 Å². The average Bonchev–Trinajstić information content (AvgIpc) is 2.53. The number of halogens is 1. The van der Waals surface area contributed by atoms with Crippen molar-refractivity contribution in [3.8, 4) is 11.1 Å². The van der Waals surface area contributed by atoms with Crippen molar-refractivity contribution in [3.63, 3.8) is 0 Å². The van der Waals surface area contributed by atoms with Crippen molar-refractivity contribution in [3.05, 3.63) is 59.4 Å². The minimum atomic E-state index is -0.499. The predicted molar refractivity (Wildman–Crippen MR) is 89.4 cm³/mol. The summed E-state index contributed by atoms with van der Waals surface area (Å²) in [7, 11) is 0. The molecule has 6 heteroatoms. The lowest BCUT2D eigenvalue weighted by Gasteiger charge is -2.25. The summed E-state index contributed by atoms with van der Waals surface area (Å²) in [6.45, 7) is 2.97. The topological polar surface area (TPSA) is 50.4 Å². The fourth-order valence-corrected chi connectivity index (χ4v) is 2.89. The number of carbonyl (C=O) groups is 1. The third kappa shape index (κ3) is 3.72. The molecule has 3 rings (SSSR count). The maximum atomic E-state index is 14.3. The van der Waals surface area contributed by atoms with Gasteiger partial charge in [0.2, 0.25) is 0 Å². The first-order chi connectivity index (χ1) is 11.1. The molecule has 1 aliphatic heterocycles. The SMILES string of the molecule is Cc1cc(-c2ccccc2)cc(C(=O)NNSC2COC2)c1F. The lowest BCUT2D eigenvalue weighted by molar-refractivity contribution is 0.0451. The van der Waals surface area contributed by atoms with E-state index in [-0.39, 0.29) is 5.56 Å². The molecule has 1 amide bonds. The van der Waals surface area contributed by atoms with E-state index in [1.165, 1.54) is 11.9 Å². The van der Waals surface area contributed by atoms with Crippen LogP contribution in [0.25, 0.3) is 11.1 Å². The second-order valence-electron chi connectivity index (χ2n) is 5.35. The van der Waals surface area contributed by atoms with Crippen LogP contribution in [0.4, 0.5) is 4.39 Å². The number of aryl methyl sites for hydroxylation is 1. The van der Waals surface area contributed by atoms with Crippen LogP contribution in [0, 0.1) is 12.7 Å². The first kappa shape index (κ1) is 16.0. The molecule has 0 spiro atoms. The van der Waals surface area contributed by atoms with E-state index in [4.69, 9.17) is 4.74 Å². The predicted octanol–water partition coefficient (Wildman–Crippen LogP) is 3.08. The zero-order chi connectivity index (χ0) is 16.2. The molecule has 0 unspecified atom stereocenters. The van der Waals surface area contributed by atoms with Crippen LogP contribution in [0.2, 0.25) is 0 Å². The van der Waals surface area contributed by atoms with Gasteiger partial charge >= 0.3 is 0 Å². The molecule has 0 bridgehead atoms. The highest BCUT2D eigenvalue weighted by Gasteiger charge is 2.20. The van der Waals surface area contributed by atoms with Crippen molar-refractivity contribution in [1.82, 2.24) is 10.3 Å². The van der Waals surface area contributed by atoms with E-state index in [2.05, 4.69) is 10.3 Å². The molecular formula is C17H17FN2O2S. The van der Waals surface area contributed by atoms with Gasteiger partial charge in [0.15, 0.2) is 0 Å². The van der Waals surface area contributed by atoms with Gasteiger partial charge in [0.05, 0.1) is 24.0 Å². The fourth-order valence-electron chi connectivity index (χ4n) is 2.24. The molecule has 1 fully saturated rings. The van der Waals surface area contributed by atoms with Gasteiger partial charge in [-0.1, -0.05) is 42.3 Å². The molecule has 0 radical (unpaired) electrons. The van der Waals surface area contributed by atoms with Crippen LogP contribution in [0.1, 0.15) is 15.9 Å². The number of hydrogen-bond donors (Lipinski definition) is 2. The maximum absolute atomic E-state index is 14.3. The number of hydrogen-bond acceptors (Lipinski definition) is 4. The van der Waals surface area contributed by atoms with Gasteiger partial charge in [-0.15, -0.1) is 0 Å². The van der Waals surface area contributed by atoms with Crippen LogP contribution in [0.3, 0.4) is 0 Å². The molecule has 0 saturated carbocycles. The lowest BCUT2D eigenvalue weighted by Crippen LogP contribution is -2.39. The number of nitrogens with one attached hydrogen (secondary N) is 2. The average molecular weight is 332 g/mol. The molecule has 4 nitrogen and oxygen atoms in total. The molecule has 1 saturated heterocycles. The summed E-state index contributed by atoms with van der Waals surface area (Å²) < 4.78 is 19.3. The van der Waals surface area contributed by atoms with Gasteiger partial charge in [0, 0.05) is 0 Å². The number of rotatable bonds is 5. The summed E-state index contributed by atoms with van der Waals surface area (Å²) in [4.78, 5) is 15.0. The molecule has 23 heavy (non-hydrogen) atoms. The van der Waals surface area contributed by atoms with Gasteiger partial charge in [-0.3, -0.25) is 10.2 Å². The summed E-state index contributed by atoms with van der Waals surface area (Å²) in [6, 6.07) is 12.9. The fraction of sp³-hybridized carbons (Fsp3) is 0.235. The minimum absolute atomic E-state index is 0.0295. The Kier molecular flexibility index (Phi) is 4.95. The number of hydrazine groups is 1. The first-order valence-corrected chi connectivity index (χ1v) is 8.17. The van der Waals surface area contributed by atoms with Crippen LogP contribution >= 0.6 is 11.9 Å². The van der Waals surface area contributed by atoms with Crippen LogP contribution in [-0.4, -0.2) is 24.4 Å². The summed E-state index contributed by atoms with van der Waals surface area (Å²) in [5, 5.41) is 0.317. The molecule has 0 aromatic heterocycles. The van der Waals surface area contributed by atoms with Crippen LogP contribution in [-0.2, 0) is 4.74 Å². The Morgan fingerprint density at radius 1 is 1.22 bits per heavy atom. The largest absolute Gasteiger partial charge is 0.379 e. The van der Waals surface area contributed by atoms with Crippen LogP contribution in [0.5, 0.6) is 0 Å². The summed E-state index contributed by atoms with van der Waals surface area (Å²) >= 11 is 1.37. The van der Waals surface area contributed by atoms with Crippen molar-refractivity contribution >= 4 is 17.9 Å². The highest BCUT2D eigenvalue weighted by atomic mass is 32.2. The monoisotopic (exact) mass is 332 g/mol. The number of carbonyl (C=O) groups excluding carboxylic acids is 1. The second kappa shape index (κ2) is 7.12. The van der Waals surface area contributed by atoms with Crippen molar-refractivity contribution in [1.29, 1.82) is 0 Å². The standard InChI is InChI=1S/C17H17FN2O2S/c1-11-7-13(12-5-3-2-4-6-12)8-15(16(11)18)17(21)19-20-23-14-9-22-10-14/h2-8,14,20H,9-10H2,1H3,(H,19,21). The normalized spacial score (nSPS) is 14.3. The van der Waals surface area contributed by atoms with Gasteiger partial charge < -0.3 is 4.74 Å². The molecule has 0 atom stereocenters. The molecular weight excluding hydrogens is 315 g/mol. The Hall–Kier alpha value is -1.89. The molecule has 1 aliphatic rings. The van der Waals surface area contributed by atoms with Crippen LogP contribution < -0.4 is 10.3 Å². The van der Waals surface area contributed by atoms with Gasteiger partial charge in [-0.05, 0) is 35.7 Å². The third-order valence-electron chi connectivity index (χ3n) is 3.60. The summed E-state index contributed by atoms with van der Waals surface area (Å²) in [6.07, 6.45) is 0. The Bertz CT molecular complexity index is 705. The van der Waals surface area contributed by atoms with Gasteiger partial charge in [0.25, 0.3) is 5.91 Å². The van der Waals surface area contributed by atoms with Crippen molar-refractivity contribution in [2.45, 2.75) is 12.2 Å². The van der Waals surface area contributed by atoms with E-state index in [0.717, 1.165) is 11.1 Å². The van der Waals surface area contributed by atoms with E-state index >= 15 is 0 Å². The van der Waals surface area contributed by atoms with Crippen molar-refractivity contribution in [2.75, 3.05) is 13.2 Å². The van der Waals surface area contributed by atoms with E-state index < -0.39 is 11.7 Å². The molecule has 0 aliphatic carbocycles. The molecule has 1 heterocycles. The Morgan fingerprint density at radius 3 is 2.61 bits per heavy atom. The zero-order valence-electron chi connectivity index (χ0n) is 12.6. The van der Waals surface area contributed by atoms with E-state index in [0.29, 0.717) is 24.0 Å². The first-order valence-electron chi connectivity index (χ1n) is 7.29. The summed E-state index contributed by atoms with van der Waals surface area (Å²) in [5.74, 6) is -0.989. The van der Waals surface area contributed by atoms with E-state index in [1.54, 1.807) is 19.1 Å². The molecule has 2 aromatic rings. The second-order valence-corrected chi connectivity index (χ2v) is 6.46.